The Kier molecular flexibility index (Phi) is 7.31. The molecule has 0 radical (unpaired) electrons. The SMILES string of the molecule is CC(C)CCOC(=O)C(C)SCC#N. The number of nitriles is 1. The molecular formula is C10H17NO2S. The van der Waals surface area contributed by atoms with Crippen LogP contribution in [-0.2, 0) is 9.53 Å². The first-order valence-electron chi connectivity index (χ1n) is 4.73. The summed E-state index contributed by atoms with van der Waals surface area (Å²) in [6.45, 7) is 6.41. The number of ether oxygens (including phenoxy) is 1. The maximum absolute atomic E-state index is 11.3. The second-order valence-electron chi connectivity index (χ2n) is 3.46. The molecule has 0 bridgehead atoms. The Hall–Kier alpha value is -0.690. The highest BCUT2D eigenvalue weighted by molar-refractivity contribution is 8.00. The fourth-order valence-corrected chi connectivity index (χ4v) is 1.27. The zero-order valence-corrected chi connectivity index (χ0v) is 9.76. The molecule has 0 aromatic heterocycles. The number of carbonyl (C=O) groups is 1. The van der Waals surface area contributed by atoms with Crippen LogP contribution in [0.3, 0.4) is 0 Å². The van der Waals surface area contributed by atoms with E-state index in [2.05, 4.69) is 13.8 Å². The van der Waals surface area contributed by atoms with Crippen molar-refractivity contribution in [2.24, 2.45) is 5.92 Å². The smallest absolute Gasteiger partial charge is 0.318 e. The van der Waals surface area contributed by atoms with Crippen LogP contribution < -0.4 is 0 Å². The first-order chi connectivity index (χ1) is 6.57. The molecule has 0 aromatic rings. The summed E-state index contributed by atoms with van der Waals surface area (Å²) >= 11 is 1.31. The van der Waals surface area contributed by atoms with E-state index in [1.54, 1.807) is 6.92 Å². The minimum Gasteiger partial charge on any atom is -0.465 e. The highest BCUT2D eigenvalue weighted by Crippen LogP contribution is 2.11. The molecule has 4 heteroatoms. The largest absolute Gasteiger partial charge is 0.465 e. The van der Waals surface area contributed by atoms with Crippen LogP contribution in [0.15, 0.2) is 0 Å². The van der Waals surface area contributed by atoms with Gasteiger partial charge in [0.25, 0.3) is 0 Å². The Labute approximate surface area is 89.8 Å². The third kappa shape index (κ3) is 6.79. The molecular weight excluding hydrogens is 198 g/mol. The van der Waals surface area contributed by atoms with Gasteiger partial charge in [0.2, 0.25) is 0 Å². The molecule has 0 aliphatic rings. The second kappa shape index (κ2) is 7.69. The van der Waals surface area contributed by atoms with Crippen molar-refractivity contribution in [3.63, 3.8) is 0 Å². The average molecular weight is 215 g/mol. The van der Waals surface area contributed by atoms with Crippen molar-refractivity contribution in [2.75, 3.05) is 12.4 Å². The first kappa shape index (κ1) is 13.3. The van der Waals surface area contributed by atoms with Gasteiger partial charge in [-0.2, -0.15) is 5.26 Å². The van der Waals surface area contributed by atoms with E-state index >= 15 is 0 Å². The van der Waals surface area contributed by atoms with Crippen LogP contribution in [0.1, 0.15) is 27.2 Å². The molecule has 80 valence electrons. The lowest BCUT2D eigenvalue weighted by Crippen LogP contribution is -2.18. The number of rotatable bonds is 6. The van der Waals surface area contributed by atoms with Crippen molar-refractivity contribution in [1.29, 1.82) is 5.26 Å². The maximum Gasteiger partial charge on any atom is 0.318 e. The van der Waals surface area contributed by atoms with Crippen molar-refractivity contribution in [3.05, 3.63) is 0 Å². The molecule has 1 unspecified atom stereocenters. The Bertz CT molecular complexity index is 211. The molecule has 0 aromatic carbocycles. The van der Waals surface area contributed by atoms with Gasteiger partial charge in [0.15, 0.2) is 0 Å². The van der Waals surface area contributed by atoms with E-state index in [-0.39, 0.29) is 11.2 Å². The van der Waals surface area contributed by atoms with Gasteiger partial charge in [-0.3, -0.25) is 4.79 Å². The monoisotopic (exact) mass is 215 g/mol. The fourth-order valence-electron chi connectivity index (χ4n) is 0.743. The molecule has 0 spiro atoms. The molecule has 0 rings (SSSR count). The zero-order chi connectivity index (χ0) is 11.0. The van der Waals surface area contributed by atoms with Gasteiger partial charge in [-0.25, -0.2) is 0 Å². The summed E-state index contributed by atoms with van der Waals surface area (Å²) in [6, 6.07) is 1.98. The molecule has 0 aliphatic heterocycles. The van der Waals surface area contributed by atoms with E-state index in [1.165, 1.54) is 11.8 Å². The lowest BCUT2D eigenvalue weighted by Gasteiger charge is -2.10. The lowest BCUT2D eigenvalue weighted by atomic mass is 10.1. The Morgan fingerprint density at radius 1 is 1.50 bits per heavy atom. The number of carbonyl (C=O) groups excluding carboxylic acids is 1. The Morgan fingerprint density at radius 3 is 2.64 bits per heavy atom. The van der Waals surface area contributed by atoms with Crippen molar-refractivity contribution < 1.29 is 9.53 Å². The lowest BCUT2D eigenvalue weighted by molar-refractivity contribution is -0.142. The van der Waals surface area contributed by atoms with Crippen LogP contribution in [0.4, 0.5) is 0 Å². The third-order valence-electron chi connectivity index (χ3n) is 1.67. The van der Waals surface area contributed by atoms with Gasteiger partial charge in [0.1, 0.15) is 5.25 Å². The molecule has 1 atom stereocenters. The van der Waals surface area contributed by atoms with Gasteiger partial charge in [-0.05, 0) is 19.3 Å². The molecule has 0 amide bonds. The number of esters is 1. The number of hydrogen-bond donors (Lipinski definition) is 0. The molecule has 0 heterocycles. The number of thioether (sulfide) groups is 1. The quantitative estimate of drug-likeness (QED) is 0.637. The summed E-state index contributed by atoms with van der Waals surface area (Å²) in [5, 5.41) is 8.09. The van der Waals surface area contributed by atoms with E-state index in [0.717, 1.165) is 6.42 Å². The third-order valence-corrected chi connectivity index (χ3v) is 2.66. The van der Waals surface area contributed by atoms with Crippen LogP contribution in [0, 0.1) is 17.2 Å². The molecule has 0 aliphatic carbocycles. The van der Waals surface area contributed by atoms with Crippen molar-refractivity contribution in [3.8, 4) is 6.07 Å². The van der Waals surface area contributed by atoms with Crippen LogP contribution in [0.5, 0.6) is 0 Å². The van der Waals surface area contributed by atoms with E-state index in [4.69, 9.17) is 10.00 Å². The predicted molar refractivity (Wildman–Crippen MR) is 57.9 cm³/mol. The minimum atomic E-state index is -0.234. The molecule has 0 saturated carbocycles. The van der Waals surface area contributed by atoms with Gasteiger partial charge in [-0.1, -0.05) is 13.8 Å². The van der Waals surface area contributed by atoms with E-state index in [0.29, 0.717) is 18.3 Å². The minimum absolute atomic E-state index is 0.217. The molecule has 0 N–H and O–H groups in total. The van der Waals surface area contributed by atoms with Crippen molar-refractivity contribution in [2.45, 2.75) is 32.4 Å². The summed E-state index contributed by atoms with van der Waals surface area (Å²) in [7, 11) is 0. The van der Waals surface area contributed by atoms with Crippen LogP contribution in [0.2, 0.25) is 0 Å². The molecule has 0 fully saturated rings. The highest BCUT2D eigenvalue weighted by atomic mass is 32.2. The van der Waals surface area contributed by atoms with Gasteiger partial charge in [-0.15, -0.1) is 11.8 Å². The standard InChI is InChI=1S/C10H17NO2S/c1-8(2)4-6-13-10(12)9(3)14-7-5-11/h8-9H,4,6-7H2,1-3H3. The van der Waals surface area contributed by atoms with Gasteiger partial charge in [0.05, 0.1) is 18.4 Å². The van der Waals surface area contributed by atoms with E-state index in [1.807, 2.05) is 6.07 Å². The molecule has 14 heavy (non-hydrogen) atoms. The maximum atomic E-state index is 11.3. The number of hydrogen-bond acceptors (Lipinski definition) is 4. The Balaban J connectivity index is 3.58. The first-order valence-corrected chi connectivity index (χ1v) is 5.78. The molecule has 3 nitrogen and oxygen atoms in total. The summed E-state index contributed by atoms with van der Waals surface area (Å²) in [4.78, 5) is 11.3. The van der Waals surface area contributed by atoms with E-state index < -0.39 is 0 Å². The van der Waals surface area contributed by atoms with Crippen LogP contribution in [0.25, 0.3) is 0 Å². The summed E-state index contributed by atoms with van der Waals surface area (Å²) in [6.07, 6.45) is 0.890. The predicted octanol–water partition coefficient (Wildman–Crippen LogP) is 2.22. The van der Waals surface area contributed by atoms with E-state index in [9.17, 15) is 4.79 Å². The summed E-state index contributed by atoms with van der Waals surface area (Å²) in [5.41, 5.74) is 0. The second-order valence-corrected chi connectivity index (χ2v) is 4.79. The topological polar surface area (TPSA) is 50.1 Å². The van der Waals surface area contributed by atoms with Crippen molar-refractivity contribution in [1.82, 2.24) is 0 Å². The van der Waals surface area contributed by atoms with Crippen LogP contribution >= 0.6 is 11.8 Å². The average Bonchev–Trinajstić information content (AvgIpc) is 2.13. The molecule has 0 saturated heterocycles. The van der Waals surface area contributed by atoms with Gasteiger partial charge < -0.3 is 4.74 Å². The zero-order valence-electron chi connectivity index (χ0n) is 8.95. The number of nitrogens with zero attached hydrogens (tertiary/aromatic N) is 1. The van der Waals surface area contributed by atoms with Gasteiger partial charge in [0, 0.05) is 0 Å². The van der Waals surface area contributed by atoms with Gasteiger partial charge >= 0.3 is 5.97 Å². The van der Waals surface area contributed by atoms with Crippen molar-refractivity contribution >= 4 is 17.7 Å². The highest BCUT2D eigenvalue weighted by Gasteiger charge is 2.14. The Morgan fingerprint density at radius 2 is 2.14 bits per heavy atom. The summed E-state index contributed by atoms with van der Waals surface area (Å²) in [5.74, 6) is 0.663. The summed E-state index contributed by atoms with van der Waals surface area (Å²) < 4.78 is 5.04. The fraction of sp³-hybridized carbons (Fsp3) is 0.800. The normalized spacial score (nSPS) is 12.2. The van der Waals surface area contributed by atoms with Crippen LogP contribution in [-0.4, -0.2) is 23.6 Å².